The van der Waals surface area contributed by atoms with E-state index in [0.717, 1.165) is 13.1 Å². The molecule has 1 amide bonds. The normalized spacial score (nSPS) is 15.4. The fraction of sp³-hybridized carbons (Fsp3) is 0.455. The highest BCUT2D eigenvalue weighted by Crippen LogP contribution is 2.25. The topological polar surface area (TPSA) is 74.4 Å². The zero-order valence-corrected chi connectivity index (χ0v) is 16.9. The van der Waals surface area contributed by atoms with Crippen LogP contribution in [0.5, 0.6) is 0 Å². The lowest BCUT2D eigenvalue weighted by atomic mass is 10.1. The second-order valence-corrected chi connectivity index (χ2v) is 7.23. The minimum absolute atomic E-state index is 0.147. The number of hydrogen-bond donors (Lipinski definition) is 2. The molecular weight excluding hydrogens is 354 g/mol. The lowest BCUT2D eigenvalue weighted by Crippen LogP contribution is -2.37. The summed E-state index contributed by atoms with van der Waals surface area (Å²) in [6.07, 6.45) is 2.38. The second kappa shape index (κ2) is 9.06. The summed E-state index contributed by atoms with van der Waals surface area (Å²) in [5.74, 6) is -0.594. The van der Waals surface area contributed by atoms with Crippen molar-refractivity contribution >= 4 is 11.9 Å². The van der Waals surface area contributed by atoms with Crippen molar-refractivity contribution in [3.63, 3.8) is 0 Å². The van der Waals surface area contributed by atoms with Crippen LogP contribution in [0.15, 0.2) is 30.3 Å². The zero-order chi connectivity index (χ0) is 20.1. The Bertz CT molecular complexity index is 823. The van der Waals surface area contributed by atoms with Crippen LogP contribution in [-0.2, 0) is 4.74 Å². The van der Waals surface area contributed by atoms with Gasteiger partial charge in [0.1, 0.15) is 5.69 Å². The molecule has 1 aliphatic heterocycles. The molecule has 2 aromatic rings. The number of likely N-dealkylation sites (tertiary alicyclic amines) is 1. The number of esters is 1. The van der Waals surface area contributed by atoms with Crippen LogP contribution in [0.2, 0.25) is 0 Å². The molecule has 0 spiro atoms. The van der Waals surface area contributed by atoms with E-state index in [1.54, 1.807) is 20.8 Å². The Balaban J connectivity index is 1.75. The SMILES string of the molecule is CCOC(=O)c1c(C)[nH]c(C(=O)NCC(c2ccccc2)N2CCCC2)c1C. The number of hydrogen-bond acceptors (Lipinski definition) is 4. The Hall–Kier alpha value is -2.60. The van der Waals surface area contributed by atoms with E-state index in [2.05, 4.69) is 27.3 Å². The van der Waals surface area contributed by atoms with Crippen molar-refractivity contribution in [1.82, 2.24) is 15.2 Å². The van der Waals surface area contributed by atoms with Gasteiger partial charge in [-0.1, -0.05) is 30.3 Å². The highest BCUT2D eigenvalue weighted by Gasteiger charge is 2.26. The first kappa shape index (κ1) is 20.1. The molecule has 1 aromatic heterocycles. The van der Waals surface area contributed by atoms with Crippen LogP contribution in [0.4, 0.5) is 0 Å². The highest BCUT2D eigenvalue weighted by atomic mass is 16.5. The average Bonchev–Trinajstić information content (AvgIpc) is 3.31. The Morgan fingerprint density at radius 1 is 1.18 bits per heavy atom. The van der Waals surface area contributed by atoms with Crippen molar-refractivity contribution in [3.8, 4) is 0 Å². The van der Waals surface area contributed by atoms with E-state index in [0.29, 0.717) is 35.7 Å². The summed E-state index contributed by atoms with van der Waals surface area (Å²) in [4.78, 5) is 30.5. The number of nitrogens with one attached hydrogen (secondary N) is 2. The number of carbonyl (C=O) groups excluding carboxylic acids is 2. The average molecular weight is 383 g/mol. The number of benzene rings is 1. The van der Waals surface area contributed by atoms with E-state index < -0.39 is 5.97 Å². The first-order valence-electron chi connectivity index (χ1n) is 9.96. The van der Waals surface area contributed by atoms with Crippen LogP contribution in [-0.4, -0.2) is 48.0 Å². The molecule has 6 heteroatoms. The van der Waals surface area contributed by atoms with Crippen LogP contribution in [0.1, 0.15) is 63.5 Å². The zero-order valence-electron chi connectivity index (χ0n) is 16.9. The van der Waals surface area contributed by atoms with Gasteiger partial charge in [0.05, 0.1) is 18.2 Å². The number of aromatic nitrogens is 1. The molecule has 3 rings (SSSR count). The monoisotopic (exact) mass is 383 g/mol. The third-order valence-electron chi connectivity index (χ3n) is 5.37. The fourth-order valence-electron chi connectivity index (χ4n) is 3.95. The predicted octanol–water partition coefficient (Wildman–Crippen LogP) is 3.38. The third-order valence-corrected chi connectivity index (χ3v) is 5.37. The smallest absolute Gasteiger partial charge is 0.340 e. The van der Waals surface area contributed by atoms with Crippen molar-refractivity contribution in [3.05, 3.63) is 58.4 Å². The van der Waals surface area contributed by atoms with Crippen molar-refractivity contribution in [2.45, 2.75) is 39.7 Å². The van der Waals surface area contributed by atoms with Gasteiger partial charge in [0.2, 0.25) is 0 Å². The van der Waals surface area contributed by atoms with E-state index in [1.165, 1.54) is 18.4 Å². The molecule has 6 nitrogen and oxygen atoms in total. The molecular formula is C22H29N3O3. The number of carbonyl (C=O) groups is 2. The minimum atomic E-state index is -0.396. The Morgan fingerprint density at radius 3 is 2.50 bits per heavy atom. The van der Waals surface area contributed by atoms with Gasteiger partial charge in [0.15, 0.2) is 0 Å². The number of H-pyrrole nitrogens is 1. The summed E-state index contributed by atoms with van der Waals surface area (Å²) in [5, 5.41) is 3.06. The first-order chi connectivity index (χ1) is 13.5. The van der Waals surface area contributed by atoms with Crippen molar-refractivity contribution in [2.24, 2.45) is 0 Å². The maximum Gasteiger partial charge on any atom is 0.340 e. The number of amides is 1. The number of nitrogens with zero attached hydrogens (tertiary/aromatic N) is 1. The van der Waals surface area contributed by atoms with Gasteiger partial charge in [0, 0.05) is 12.2 Å². The van der Waals surface area contributed by atoms with Crippen LogP contribution >= 0.6 is 0 Å². The van der Waals surface area contributed by atoms with E-state index >= 15 is 0 Å². The Labute approximate surface area is 166 Å². The number of aryl methyl sites for hydroxylation is 1. The summed E-state index contributed by atoms with van der Waals surface area (Å²) < 4.78 is 5.11. The van der Waals surface area contributed by atoms with Gasteiger partial charge in [0.25, 0.3) is 5.91 Å². The molecule has 1 aromatic carbocycles. The number of ether oxygens (including phenoxy) is 1. The summed E-state index contributed by atoms with van der Waals surface area (Å²) in [5.41, 5.74) is 3.36. The predicted molar refractivity (Wildman–Crippen MR) is 109 cm³/mol. The summed E-state index contributed by atoms with van der Waals surface area (Å²) in [7, 11) is 0. The van der Waals surface area contributed by atoms with E-state index in [-0.39, 0.29) is 11.9 Å². The highest BCUT2D eigenvalue weighted by molar-refractivity contribution is 6.00. The second-order valence-electron chi connectivity index (χ2n) is 7.23. The molecule has 0 radical (unpaired) electrons. The van der Waals surface area contributed by atoms with Gasteiger partial charge < -0.3 is 15.0 Å². The molecule has 0 aliphatic carbocycles. The number of aromatic amines is 1. The van der Waals surface area contributed by atoms with Gasteiger partial charge in [-0.3, -0.25) is 9.69 Å². The van der Waals surface area contributed by atoms with Crippen LogP contribution < -0.4 is 5.32 Å². The standard InChI is InChI=1S/C22H29N3O3/c1-4-28-22(27)19-15(2)20(24-16(19)3)21(26)23-14-18(25-12-8-9-13-25)17-10-6-5-7-11-17/h5-7,10-11,18,24H,4,8-9,12-14H2,1-3H3,(H,23,26). The molecule has 1 fully saturated rings. The van der Waals surface area contributed by atoms with Gasteiger partial charge in [-0.25, -0.2) is 4.79 Å². The van der Waals surface area contributed by atoms with Crippen molar-refractivity contribution in [2.75, 3.05) is 26.2 Å². The van der Waals surface area contributed by atoms with Crippen LogP contribution in [0.25, 0.3) is 0 Å². The van der Waals surface area contributed by atoms with Crippen LogP contribution in [0, 0.1) is 13.8 Å². The van der Waals surface area contributed by atoms with Gasteiger partial charge in [-0.15, -0.1) is 0 Å². The van der Waals surface area contributed by atoms with Gasteiger partial charge >= 0.3 is 5.97 Å². The Morgan fingerprint density at radius 2 is 1.86 bits per heavy atom. The minimum Gasteiger partial charge on any atom is -0.462 e. The van der Waals surface area contributed by atoms with Gasteiger partial charge in [-0.2, -0.15) is 0 Å². The van der Waals surface area contributed by atoms with Crippen molar-refractivity contribution < 1.29 is 14.3 Å². The maximum absolute atomic E-state index is 12.8. The van der Waals surface area contributed by atoms with Crippen LogP contribution in [0.3, 0.4) is 0 Å². The molecule has 1 aliphatic rings. The quantitative estimate of drug-likeness (QED) is 0.719. The Kier molecular flexibility index (Phi) is 6.52. The largest absolute Gasteiger partial charge is 0.462 e. The fourth-order valence-corrected chi connectivity index (χ4v) is 3.95. The first-order valence-corrected chi connectivity index (χ1v) is 9.96. The summed E-state index contributed by atoms with van der Waals surface area (Å²) >= 11 is 0. The third kappa shape index (κ3) is 4.28. The molecule has 2 heterocycles. The summed E-state index contributed by atoms with van der Waals surface area (Å²) in [6, 6.07) is 10.4. The van der Waals surface area contributed by atoms with E-state index in [4.69, 9.17) is 4.74 Å². The van der Waals surface area contributed by atoms with E-state index in [1.807, 2.05) is 18.2 Å². The molecule has 0 bridgehead atoms. The lowest BCUT2D eigenvalue weighted by molar-refractivity contribution is 0.0525. The molecule has 1 unspecified atom stereocenters. The molecule has 2 N–H and O–H groups in total. The maximum atomic E-state index is 12.8. The molecule has 0 saturated carbocycles. The summed E-state index contributed by atoms with van der Waals surface area (Å²) in [6.45, 7) is 8.25. The van der Waals surface area contributed by atoms with Crippen molar-refractivity contribution in [1.29, 1.82) is 0 Å². The lowest BCUT2D eigenvalue weighted by Gasteiger charge is -2.28. The molecule has 1 atom stereocenters. The molecule has 28 heavy (non-hydrogen) atoms. The molecule has 1 saturated heterocycles. The van der Waals surface area contributed by atoms with Gasteiger partial charge in [-0.05, 0) is 57.8 Å². The molecule has 150 valence electrons. The van der Waals surface area contributed by atoms with E-state index in [9.17, 15) is 9.59 Å². The number of rotatable bonds is 7.